The summed E-state index contributed by atoms with van der Waals surface area (Å²) >= 11 is 6.33. The summed E-state index contributed by atoms with van der Waals surface area (Å²) in [6.45, 7) is 2.63. The van der Waals surface area contributed by atoms with Crippen LogP contribution in [0.4, 0.5) is 0 Å². The summed E-state index contributed by atoms with van der Waals surface area (Å²) in [6.07, 6.45) is 2.26. The molecule has 5 heteroatoms. The highest BCUT2D eigenvalue weighted by atomic mass is 32.1. The van der Waals surface area contributed by atoms with Crippen molar-refractivity contribution in [2.24, 2.45) is 0 Å². The van der Waals surface area contributed by atoms with Crippen LogP contribution in [-0.2, 0) is 6.42 Å². The molecule has 2 rings (SSSR count). The van der Waals surface area contributed by atoms with Crippen LogP contribution in [0, 0.1) is 0 Å². The standard InChI is InChI=1S/C13H15NO2S2/c1-2-16-9-6-7-11-10(8-9)14-12(18-11)4-3-5-13(15)17/h6-8H,2-5H2,1H3,(H,15,17). The molecule has 3 nitrogen and oxygen atoms in total. The average Bonchev–Trinajstić information content (AvgIpc) is 2.71. The smallest absolute Gasteiger partial charge is 0.156 e. The van der Waals surface area contributed by atoms with Gasteiger partial charge in [-0.15, -0.1) is 11.3 Å². The van der Waals surface area contributed by atoms with Gasteiger partial charge in [0.2, 0.25) is 0 Å². The van der Waals surface area contributed by atoms with E-state index in [1.807, 2.05) is 25.1 Å². The molecule has 0 fully saturated rings. The van der Waals surface area contributed by atoms with Crippen molar-refractivity contribution in [2.45, 2.75) is 26.2 Å². The van der Waals surface area contributed by atoms with Crippen molar-refractivity contribution in [2.75, 3.05) is 6.61 Å². The first-order valence-corrected chi connectivity index (χ1v) is 7.15. The summed E-state index contributed by atoms with van der Waals surface area (Å²) in [5.41, 5.74) is 0.979. The predicted octanol–water partition coefficient (Wildman–Crippen LogP) is 3.90. The lowest BCUT2D eigenvalue weighted by Crippen LogP contribution is -1.93. The number of hydrogen-bond acceptors (Lipinski definition) is 4. The molecule has 0 radical (unpaired) electrons. The van der Waals surface area contributed by atoms with E-state index in [0.29, 0.717) is 13.0 Å². The summed E-state index contributed by atoms with van der Waals surface area (Å²) in [5.74, 6) is 0.860. The van der Waals surface area contributed by atoms with Gasteiger partial charge in [-0.25, -0.2) is 4.98 Å². The highest BCUT2D eigenvalue weighted by Gasteiger charge is 2.05. The van der Waals surface area contributed by atoms with Crippen LogP contribution < -0.4 is 4.74 Å². The number of thiazole rings is 1. The molecule has 0 spiro atoms. The number of aryl methyl sites for hydroxylation is 1. The quantitative estimate of drug-likeness (QED) is 0.815. The van der Waals surface area contributed by atoms with Gasteiger partial charge in [0.15, 0.2) is 5.05 Å². The Morgan fingerprint density at radius 2 is 2.33 bits per heavy atom. The second-order valence-electron chi connectivity index (χ2n) is 3.92. The van der Waals surface area contributed by atoms with E-state index in [1.54, 1.807) is 11.3 Å². The molecule has 0 aliphatic carbocycles. The van der Waals surface area contributed by atoms with Crippen LogP contribution in [0.15, 0.2) is 18.2 Å². The lowest BCUT2D eigenvalue weighted by molar-refractivity contribution is 0.340. The van der Waals surface area contributed by atoms with Crippen molar-refractivity contribution >= 4 is 38.8 Å². The van der Waals surface area contributed by atoms with Gasteiger partial charge < -0.3 is 9.84 Å². The van der Waals surface area contributed by atoms with E-state index < -0.39 is 0 Å². The first-order valence-electron chi connectivity index (χ1n) is 5.93. The van der Waals surface area contributed by atoms with E-state index in [2.05, 4.69) is 17.2 Å². The Labute approximate surface area is 115 Å². The Balaban J connectivity index is 2.09. The molecule has 0 aliphatic heterocycles. The maximum atomic E-state index is 8.96. The minimum atomic E-state index is 0.0785. The maximum absolute atomic E-state index is 8.96. The van der Waals surface area contributed by atoms with Gasteiger partial charge in [0.1, 0.15) is 5.75 Å². The fraction of sp³-hybridized carbons (Fsp3) is 0.385. The molecule has 0 saturated carbocycles. The van der Waals surface area contributed by atoms with Gasteiger partial charge in [-0.1, -0.05) is 0 Å². The fourth-order valence-corrected chi connectivity index (χ4v) is 2.84. The molecule has 18 heavy (non-hydrogen) atoms. The molecular weight excluding hydrogens is 266 g/mol. The molecule has 1 aromatic carbocycles. The number of aliphatic hydroxyl groups is 1. The van der Waals surface area contributed by atoms with Crippen LogP contribution in [0.3, 0.4) is 0 Å². The second kappa shape index (κ2) is 6.11. The average molecular weight is 281 g/mol. The molecule has 1 aromatic heterocycles. The molecule has 0 bridgehead atoms. The van der Waals surface area contributed by atoms with Crippen molar-refractivity contribution in [1.82, 2.24) is 4.98 Å². The normalized spacial score (nSPS) is 10.7. The maximum Gasteiger partial charge on any atom is 0.156 e. The van der Waals surface area contributed by atoms with Crippen LogP contribution >= 0.6 is 23.6 Å². The number of hydrogen-bond donors (Lipinski definition) is 1. The van der Waals surface area contributed by atoms with E-state index in [9.17, 15) is 0 Å². The molecular formula is C13H15NO2S2. The van der Waals surface area contributed by atoms with E-state index in [4.69, 9.17) is 9.84 Å². The topological polar surface area (TPSA) is 42.4 Å². The Morgan fingerprint density at radius 1 is 1.50 bits per heavy atom. The lowest BCUT2D eigenvalue weighted by atomic mass is 10.2. The van der Waals surface area contributed by atoms with Crippen LogP contribution in [0.25, 0.3) is 10.2 Å². The largest absolute Gasteiger partial charge is 0.502 e. The first kappa shape index (κ1) is 13.2. The van der Waals surface area contributed by atoms with Gasteiger partial charge in [0.05, 0.1) is 21.8 Å². The number of aromatic nitrogens is 1. The summed E-state index contributed by atoms with van der Waals surface area (Å²) in [5, 5.41) is 10.1. The minimum absolute atomic E-state index is 0.0785. The third kappa shape index (κ3) is 3.40. The zero-order valence-corrected chi connectivity index (χ0v) is 11.8. The third-order valence-electron chi connectivity index (χ3n) is 2.50. The summed E-state index contributed by atoms with van der Waals surface area (Å²) in [6, 6.07) is 5.98. The molecule has 0 amide bonds. The van der Waals surface area contributed by atoms with E-state index in [0.717, 1.165) is 29.1 Å². The van der Waals surface area contributed by atoms with Gasteiger partial charge in [-0.05, 0) is 44.1 Å². The number of fused-ring (bicyclic) bond motifs is 1. The van der Waals surface area contributed by atoms with Crippen molar-refractivity contribution in [3.8, 4) is 5.75 Å². The van der Waals surface area contributed by atoms with Gasteiger partial charge >= 0.3 is 0 Å². The number of aliphatic hydroxyl groups excluding tert-OH is 1. The molecule has 2 aromatic rings. The third-order valence-corrected chi connectivity index (χ3v) is 3.80. The van der Waals surface area contributed by atoms with Crippen molar-refractivity contribution in [3.05, 3.63) is 23.2 Å². The highest BCUT2D eigenvalue weighted by molar-refractivity contribution is 7.80. The highest BCUT2D eigenvalue weighted by Crippen LogP contribution is 2.26. The zero-order chi connectivity index (χ0) is 13.0. The molecule has 0 saturated heterocycles. The van der Waals surface area contributed by atoms with Gasteiger partial charge in [-0.2, -0.15) is 0 Å². The molecule has 1 heterocycles. The number of rotatable bonds is 6. The van der Waals surface area contributed by atoms with Crippen LogP contribution in [0.1, 0.15) is 24.8 Å². The molecule has 1 N–H and O–H groups in total. The van der Waals surface area contributed by atoms with Gasteiger partial charge in [0.25, 0.3) is 0 Å². The summed E-state index contributed by atoms with van der Waals surface area (Å²) in [7, 11) is 0. The van der Waals surface area contributed by atoms with Crippen LogP contribution in [0.5, 0.6) is 5.75 Å². The van der Waals surface area contributed by atoms with Gasteiger partial charge in [0, 0.05) is 12.5 Å². The predicted molar refractivity (Wildman–Crippen MR) is 79.0 cm³/mol. The molecule has 96 valence electrons. The van der Waals surface area contributed by atoms with Gasteiger partial charge in [-0.3, -0.25) is 0 Å². The number of benzene rings is 1. The second-order valence-corrected chi connectivity index (χ2v) is 5.50. The Morgan fingerprint density at radius 3 is 3.06 bits per heavy atom. The lowest BCUT2D eigenvalue weighted by Gasteiger charge is -2.00. The van der Waals surface area contributed by atoms with E-state index in [1.165, 1.54) is 4.70 Å². The molecule has 0 unspecified atom stereocenters. The Bertz CT molecular complexity index is 551. The Kier molecular flexibility index (Phi) is 4.49. The Hall–Kier alpha value is -1.20. The number of nitrogens with zero attached hydrogens (tertiary/aromatic N) is 1. The van der Waals surface area contributed by atoms with Crippen molar-refractivity contribution < 1.29 is 9.84 Å². The van der Waals surface area contributed by atoms with Crippen molar-refractivity contribution in [3.63, 3.8) is 0 Å². The number of ether oxygens (including phenoxy) is 1. The van der Waals surface area contributed by atoms with Crippen LogP contribution in [0.2, 0.25) is 0 Å². The minimum Gasteiger partial charge on any atom is -0.502 e. The molecule has 0 atom stereocenters. The summed E-state index contributed by atoms with van der Waals surface area (Å²) in [4.78, 5) is 4.57. The first-order chi connectivity index (χ1) is 8.69. The SMILES string of the molecule is CCOc1ccc2sc(CCCC(O)=S)nc2c1. The van der Waals surface area contributed by atoms with E-state index in [-0.39, 0.29) is 5.05 Å². The molecule has 0 aliphatic rings. The summed E-state index contributed by atoms with van der Waals surface area (Å²) < 4.78 is 6.62. The van der Waals surface area contributed by atoms with Crippen LogP contribution in [-0.4, -0.2) is 21.7 Å². The fourth-order valence-electron chi connectivity index (χ4n) is 1.71. The number of thiocarbonyl (C=S) groups is 1. The van der Waals surface area contributed by atoms with E-state index >= 15 is 0 Å². The monoisotopic (exact) mass is 281 g/mol. The zero-order valence-electron chi connectivity index (χ0n) is 10.2. The van der Waals surface area contributed by atoms with Crippen molar-refractivity contribution in [1.29, 1.82) is 0 Å².